The average Bonchev–Trinajstić information content (AvgIpc) is 3.17. The molecule has 0 radical (unpaired) electrons. The van der Waals surface area contributed by atoms with E-state index in [1.165, 1.54) is 28.4 Å². The van der Waals surface area contributed by atoms with Crippen LogP contribution in [0.25, 0.3) is 22.3 Å². The van der Waals surface area contributed by atoms with Crippen molar-refractivity contribution >= 4 is 17.9 Å². The molecule has 0 spiro atoms. The van der Waals surface area contributed by atoms with Crippen LogP contribution in [-0.2, 0) is 54.9 Å². The molecule has 4 rings (SSSR count). The van der Waals surface area contributed by atoms with Gasteiger partial charge in [-0.1, -0.05) is 0 Å². The molecule has 2 aromatic carbocycles. The summed E-state index contributed by atoms with van der Waals surface area (Å²) < 4.78 is 37.8. The molecule has 0 fully saturated rings. The van der Waals surface area contributed by atoms with Crippen molar-refractivity contribution in [1.82, 2.24) is 14.9 Å². The largest absolute Gasteiger partial charge is 0.496 e. The van der Waals surface area contributed by atoms with Crippen molar-refractivity contribution in [1.29, 1.82) is 0 Å². The Morgan fingerprint density at radius 3 is 1.37 bits per heavy atom. The molecule has 0 amide bonds. The van der Waals surface area contributed by atoms with Gasteiger partial charge in [-0.15, -0.1) is 0 Å². The number of benzene rings is 2. The number of hydrogen-bond donors (Lipinski definition) is 2. The molecule has 0 saturated carbocycles. The normalized spacial score (nSPS) is 11.2. The van der Waals surface area contributed by atoms with E-state index in [-0.39, 0.29) is 46.1 Å². The second-order valence-corrected chi connectivity index (χ2v) is 14.1. The highest BCUT2D eigenvalue weighted by Crippen LogP contribution is 2.39. The van der Waals surface area contributed by atoms with Crippen LogP contribution >= 0.6 is 0 Å². The summed E-state index contributed by atoms with van der Waals surface area (Å²) in [5.74, 6) is 0.221. The third kappa shape index (κ3) is 12.4. The van der Waals surface area contributed by atoms with Gasteiger partial charge in [-0.25, -0.2) is 9.59 Å². The van der Waals surface area contributed by atoms with Crippen LogP contribution in [0.15, 0.2) is 48.5 Å². The predicted molar refractivity (Wildman–Crippen MR) is 209 cm³/mol. The van der Waals surface area contributed by atoms with Crippen LogP contribution in [-0.4, -0.2) is 96.8 Å². The lowest BCUT2D eigenvalue weighted by atomic mass is 9.97. The van der Waals surface area contributed by atoms with Crippen molar-refractivity contribution in [2.45, 2.75) is 66.5 Å². The molecule has 15 nitrogen and oxygen atoms in total. The molecule has 15 heteroatoms. The Balaban J connectivity index is 1.75. The van der Waals surface area contributed by atoms with E-state index in [9.17, 15) is 24.6 Å². The van der Waals surface area contributed by atoms with Gasteiger partial charge in [-0.3, -0.25) is 19.7 Å². The van der Waals surface area contributed by atoms with E-state index in [1.807, 2.05) is 30.9 Å². The number of aryl methyl sites for hydroxylation is 2. The summed E-state index contributed by atoms with van der Waals surface area (Å²) in [7, 11) is 5.60. The molecule has 0 bridgehead atoms. The lowest BCUT2D eigenvalue weighted by molar-refractivity contribution is -0.156. The summed E-state index contributed by atoms with van der Waals surface area (Å²) >= 11 is 0. The fourth-order valence-corrected chi connectivity index (χ4v) is 6.17. The quantitative estimate of drug-likeness (QED) is 0.103. The molecule has 0 aliphatic rings. The minimum atomic E-state index is -0.741. The van der Waals surface area contributed by atoms with Gasteiger partial charge in [0.2, 0.25) is 0 Å². The third-order valence-electron chi connectivity index (χ3n) is 8.46. The smallest absolute Gasteiger partial charge is 0.343 e. The summed E-state index contributed by atoms with van der Waals surface area (Å²) in [5, 5.41) is 20.6. The highest BCUT2D eigenvalue weighted by Gasteiger charge is 2.23. The van der Waals surface area contributed by atoms with E-state index in [0.29, 0.717) is 68.0 Å². The van der Waals surface area contributed by atoms with Crippen molar-refractivity contribution in [2.75, 3.05) is 48.2 Å². The third-order valence-corrected chi connectivity index (χ3v) is 8.46. The van der Waals surface area contributed by atoms with Gasteiger partial charge in [0, 0.05) is 36.3 Å². The summed E-state index contributed by atoms with van der Waals surface area (Å²) in [6, 6.07) is 14.1. The first-order valence-corrected chi connectivity index (χ1v) is 18.0. The maximum absolute atomic E-state index is 13.3. The van der Waals surface area contributed by atoms with Crippen molar-refractivity contribution < 1.29 is 57.8 Å². The number of hydrogen-bond acceptors (Lipinski definition) is 15. The molecule has 2 N–H and O–H groups in total. The lowest BCUT2D eigenvalue weighted by Crippen LogP contribution is -2.35. The molecular weight excluding hydrogens is 738 g/mol. The zero-order valence-corrected chi connectivity index (χ0v) is 33.9. The Hall–Kier alpha value is -5.77. The van der Waals surface area contributed by atoms with Crippen LogP contribution in [0.2, 0.25) is 0 Å². The van der Waals surface area contributed by atoms with E-state index in [0.717, 1.165) is 11.1 Å². The van der Waals surface area contributed by atoms with Crippen LogP contribution in [0.5, 0.6) is 23.0 Å². The predicted octanol–water partition coefficient (Wildman–Crippen LogP) is 4.88. The fourth-order valence-electron chi connectivity index (χ4n) is 6.17. The van der Waals surface area contributed by atoms with Crippen LogP contribution in [0.3, 0.4) is 0 Å². The molecule has 4 aromatic rings. The number of carbonyl (C=O) groups is 3. The number of rotatable bonds is 18. The molecule has 0 saturated heterocycles. The number of aromatic nitrogens is 2. The minimum absolute atomic E-state index is 0.136. The van der Waals surface area contributed by atoms with Crippen LogP contribution in [0.4, 0.5) is 0 Å². The molecule has 2 aromatic heterocycles. The second kappa shape index (κ2) is 19.9. The fraction of sp³-hybridized carbons (Fsp3) is 0.405. The lowest BCUT2D eigenvalue weighted by Gasteiger charge is -2.25. The standard InChI is InChI=1S/C42H51N3O12/c1-25-10-33(55-23-38(49)53-8)16-35(51-6)40(25)27-12-29(43-31(14-27)21-46)18-45(20-37(48)57-42(3,4)5)19-30-13-28(15-32(22-47)44-30)41-26(2)11-34(17-36(41)52-7)56-24-39(50)54-9/h10-17,46-47H,18-24H2,1-9H3. The Kier molecular flexibility index (Phi) is 15.3. The van der Waals surface area contributed by atoms with E-state index < -0.39 is 23.5 Å². The van der Waals surface area contributed by atoms with Crippen molar-refractivity contribution in [3.8, 4) is 45.3 Å². The summed E-state index contributed by atoms with van der Waals surface area (Å²) in [5.41, 5.74) is 5.46. The van der Waals surface area contributed by atoms with Crippen molar-refractivity contribution in [3.05, 3.63) is 82.4 Å². The molecule has 0 atom stereocenters. The van der Waals surface area contributed by atoms with E-state index >= 15 is 0 Å². The van der Waals surface area contributed by atoms with Crippen LogP contribution in [0.1, 0.15) is 54.7 Å². The van der Waals surface area contributed by atoms with Gasteiger partial charge in [0.1, 0.15) is 28.6 Å². The Morgan fingerprint density at radius 1 is 0.614 bits per heavy atom. The SMILES string of the molecule is COC(=O)COc1cc(C)c(-c2cc(CO)nc(CN(CC(=O)OC(C)(C)C)Cc3cc(-c4c(C)cc(OCC(=O)OC)cc4OC)cc(CO)n3)c2)c(OC)c1. The molecular formula is C42H51N3O12. The number of aliphatic hydroxyl groups is 2. The van der Waals surface area contributed by atoms with Gasteiger partial charge in [0.05, 0.1) is 71.0 Å². The first kappa shape index (κ1) is 44.0. The van der Waals surface area contributed by atoms with Gasteiger partial charge in [0.15, 0.2) is 13.2 Å². The highest BCUT2D eigenvalue weighted by molar-refractivity contribution is 5.78. The van der Waals surface area contributed by atoms with Crippen molar-refractivity contribution in [3.63, 3.8) is 0 Å². The maximum atomic E-state index is 13.3. The average molecular weight is 790 g/mol. The first-order valence-electron chi connectivity index (χ1n) is 18.0. The van der Waals surface area contributed by atoms with Gasteiger partial charge in [-0.2, -0.15) is 0 Å². The van der Waals surface area contributed by atoms with Gasteiger partial charge in [0.25, 0.3) is 0 Å². The molecule has 0 aliphatic heterocycles. The van der Waals surface area contributed by atoms with Crippen LogP contribution < -0.4 is 18.9 Å². The maximum Gasteiger partial charge on any atom is 0.343 e. The van der Waals surface area contributed by atoms with Gasteiger partial charge >= 0.3 is 17.9 Å². The molecule has 0 aliphatic carbocycles. The van der Waals surface area contributed by atoms with Crippen LogP contribution in [0, 0.1) is 13.8 Å². The van der Waals surface area contributed by atoms with Gasteiger partial charge in [-0.05, 0) is 93.3 Å². The minimum Gasteiger partial charge on any atom is -0.496 e. The van der Waals surface area contributed by atoms with E-state index in [1.54, 1.807) is 57.2 Å². The van der Waals surface area contributed by atoms with E-state index in [2.05, 4.69) is 9.47 Å². The zero-order chi connectivity index (χ0) is 41.9. The highest BCUT2D eigenvalue weighted by atomic mass is 16.6. The number of ether oxygens (including phenoxy) is 7. The first-order chi connectivity index (χ1) is 27.1. The topological polar surface area (TPSA) is 185 Å². The molecule has 0 unspecified atom stereocenters. The zero-order valence-electron chi connectivity index (χ0n) is 33.9. The monoisotopic (exact) mass is 789 g/mol. The molecule has 2 heterocycles. The summed E-state index contributed by atoms with van der Waals surface area (Å²) in [6.45, 7) is 7.97. The number of carbonyl (C=O) groups excluding carboxylic acids is 3. The summed E-state index contributed by atoms with van der Waals surface area (Å²) in [4.78, 5) is 47.9. The Morgan fingerprint density at radius 2 is 1.02 bits per heavy atom. The Labute approximate surface area is 332 Å². The second-order valence-electron chi connectivity index (χ2n) is 14.1. The Bertz CT molecular complexity index is 1930. The number of pyridine rings is 2. The molecule has 306 valence electrons. The van der Waals surface area contributed by atoms with Crippen molar-refractivity contribution in [2.24, 2.45) is 0 Å². The number of methoxy groups -OCH3 is 4. The number of aliphatic hydroxyl groups excluding tert-OH is 2. The summed E-state index contributed by atoms with van der Waals surface area (Å²) in [6.07, 6.45) is 0. The molecule has 57 heavy (non-hydrogen) atoms. The number of esters is 3. The van der Waals surface area contributed by atoms with Gasteiger partial charge < -0.3 is 43.4 Å². The van der Waals surface area contributed by atoms with E-state index in [4.69, 9.17) is 33.7 Å². The number of nitrogens with zero attached hydrogens (tertiary/aromatic N) is 3.